The largest absolute Gasteiger partial charge is 0.417 e. The Balaban J connectivity index is 3.00. The lowest BCUT2D eigenvalue weighted by molar-refractivity contribution is -0.138. The molecule has 0 saturated carbocycles. The minimum Gasteiger partial charge on any atom is -0.358 e. The van der Waals surface area contributed by atoms with E-state index >= 15 is 0 Å². The van der Waals surface area contributed by atoms with Crippen molar-refractivity contribution in [1.82, 2.24) is 10.6 Å². The molecule has 19 heavy (non-hydrogen) atoms. The number of rotatable bonds is 3. The van der Waals surface area contributed by atoms with E-state index in [1.165, 1.54) is 13.1 Å². The van der Waals surface area contributed by atoms with Crippen LogP contribution in [0.4, 0.5) is 13.2 Å². The summed E-state index contributed by atoms with van der Waals surface area (Å²) in [6, 6.07) is 3.19. The van der Waals surface area contributed by atoms with E-state index in [9.17, 15) is 22.8 Å². The Labute approximate surface area is 115 Å². The van der Waals surface area contributed by atoms with Crippen molar-refractivity contribution in [3.63, 3.8) is 0 Å². The topological polar surface area (TPSA) is 58.2 Å². The molecule has 0 unspecified atom stereocenters. The highest BCUT2D eigenvalue weighted by Gasteiger charge is 2.35. The van der Waals surface area contributed by atoms with Gasteiger partial charge < -0.3 is 10.6 Å². The first-order valence-electron chi connectivity index (χ1n) is 5.11. The van der Waals surface area contributed by atoms with Gasteiger partial charge >= 0.3 is 6.18 Å². The van der Waals surface area contributed by atoms with Crippen LogP contribution in [0.5, 0.6) is 0 Å². The van der Waals surface area contributed by atoms with Crippen LogP contribution in [0.1, 0.15) is 15.9 Å². The molecule has 2 N–H and O–H groups in total. The standard InChI is InChI=1S/C11H10BrF3N2O2/c1-16-9(18)5-17-10(19)7-3-2-6(12)4-8(7)11(13,14)15/h2-4H,5H2,1H3,(H,16,18)(H,17,19). The Morgan fingerprint density at radius 3 is 2.47 bits per heavy atom. The first-order chi connectivity index (χ1) is 8.75. The summed E-state index contributed by atoms with van der Waals surface area (Å²) in [5.74, 6) is -1.46. The molecule has 0 radical (unpaired) electrons. The van der Waals surface area contributed by atoms with Gasteiger partial charge in [0.15, 0.2) is 0 Å². The molecule has 0 saturated heterocycles. The molecule has 4 nitrogen and oxygen atoms in total. The highest BCUT2D eigenvalue weighted by Crippen LogP contribution is 2.33. The van der Waals surface area contributed by atoms with Crippen molar-refractivity contribution in [2.45, 2.75) is 6.18 Å². The average Bonchev–Trinajstić information content (AvgIpc) is 2.34. The molecular formula is C11H10BrF3N2O2. The fourth-order valence-electron chi connectivity index (χ4n) is 1.29. The van der Waals surface area contributed by atoms with Crippen molar-refractivity contribution in [3.8, 4) is 0 Å². The normalized spacial score (nSPS) is 11.0. The zero-order valence-electron chi connectivity index (χ0n) is 9.77. The fraction of sp³-hybridized carbons (Fsp3) is 0.273. The number of nitrogens with one attached hydrogen (secondary N) is 2. The van der Waals surface area contributed by atoms with Crippen LogP contribution in [0.3, 0.4) is 0 Å². The third kappa shape index (κ3) is 4.23. The Morgan fingerprint density at radius 1 is 1.32 bits per heavy atom. The van der Waals surface area contributed by atoms with E-state index in [2.05, 4.69) is 26.6 Å². The summed E-state index contributed by atoms with van der Waals surface area (Å²) in [6.45, 7) is -0.386. The number of hydrogen-bond acceptors (Lipinski definition) is 2. The maximum absolute atomic E-state index is 12.8. The molecule has 8 heteroatoms. The first-order valence-corrected chi connectivity index (χ1v) is 5.90. The number of alkyl halides is 3. The Bertz CT molecular complexity index is 503. The molecule has 0 atom stereocenters. The van der Waals surface area contributed by atoms with Crippen LogP contribution in [0.15, 0.2) is 22.7 Å². The van der Waals surface area contributed by atoms with Gasteiger partial charge in [-0.05, 0) is 18.2 Å². The molecule has 0 aliphatic heterocycles. The van der Waals surface area contributed by atoms with Crippen LogP contribution in [0.25, 0.3) is 0 Å². The molecule has 0 heterocycles. The van der Waals surface area contributed by atoms with Crippen LogP contribution < -0.4 is 10.6 Å². The second kappa shape index (κ2) is 6.05. The van der Waals surface area contributed by atoms with Gasteiger partial charge in [-0.1, -0.05) is 15.9 Å². The maximum atomic E-state index is 12.8. The zero-order valence-corrected chi connectivity index (χ0v) is 11.4. The smallest absolute Gasteiger partial charge is 0.358 e. The predicted molar refractivity (Wildman–Crippen MR) is 65.5 cm³/mol. The quantitative estimate of drug-likeness (QED) is 0.884. The van der Waals surface area contributed by atoms with Crippen LogP contribution in [0, 0.1) is 0 Å². The summed E-state index contributed by atoms with van der Waals surface area (Å²) in [4.78, 5) is 22.6. The lowest BCUT2D eigenvalue weighted by Gasteiger charge is -2.13. The lowest BCUT2D eigenvalue weighted by Crippen LogP contribution is -2.36. The molecule has 0 fully saturated rings. The summed E-state index contributed by atoms with van der Waals surface area (Å²) >= 11 is 2.92. The van der Waals surface area contributed by atoms with Gasteiger partial charge in [0.25, 0.3) is 5.91 Å². The first kappa shape index (κ1) is 15.5. The predicted octanol–water partition coefficient (Wildman–Crippen LogP) is 1.94. The molecule has 0 aliphatic carbocycles. The Kier molecular flexibility index (Phi) is 4.93. The highest BCUT2D eigenvalue weighted by atomic mass is 79.9. The summed E-state index contributed by atoms with van der Waals surface area (Å²) in [6.07, 6.45) is -4.65. The molecule has 1 rings (SSSR count). The second-order valence-corrected chi connectivity index (χ2v) is 4.46. The van der Waals surface area contributed by atoms with Crippen LogP contribution in [-0.2, 0) is 11.0 Å². The minimum atomic E-state index is -4.65. The van der Waals surface area contributed by atoms with E-state index in [0.717, 1.165) is 12.1 Å². The van der Waals surface area contributed by atoms with Crippen molar-refractivity contribution >= 4 is 27.7 Å². The van der Waals surface area contributed by atoms with Gasteiger partial charge in [0.05, 0.1) is 17.7 Å². The molecule has 1 aromatic carbocycles. The van der Waals surface area contributed by atoms with E-state index < -0.39 is 29.1 Å². The monoisotopic (exact) mass is 338 g/mol. The number of carbonyl (C=O) groups is 2. The van der Waals surface area contributed by atoms with Crippen molar-refractivity contribution in [2.75, 3.05) is 13.6 Å². The van der Waals surface area contributed by atoms with Gasteiger partial charge in [-0.3, -0.25) is 9.59 Å². The van der Waals surface area contributed by atoms with Crippen molar-refractivity contribution in [3.05, 3.63) is 33.8 Å². The average molecular weight is 339 g/mol. The molecule has 2 amide bonds. The number of hydrogen-bond donors (Lipinski definition) is 2. The number of carbonyl (C=O) groups excluding carboxylic acids is 2. The molecular weight excluding hydrogens is 329 g/mol. The van der Waals surface area contributed by atoms with Crippen LogP contribution in [0.2, 0.25) is 0 Å². The second-order valence-electron chi connectivity index (χ2n) is 3.54. The van der Waals surface area contributed by atoms with Crippen molar-refractivity contribution < 1.29 is 22.8 Å². The molecule has 104 valence electrons. The fourth-order valence-corrected chi connectivity index (χ4v) is 1.65. The third-order valence-corrected chi connectivity index (χ3v) is 2.71. The van der Waals surface area contributed by atoms with E-state index in [0.29, 0.717) is 0 Å². The van der Waals surface area contributed by atoms with E-state index in [1.807, 2.05) is 0 Å². The molecule has 0 bridgehead atoms. The van der Waals surface area contributed by atoms with Gasteiger partial charge in [0.2, 0.25) is 5.91 Å². The van der Waals surface area contributed by atoms with Crippen LogP contribution >= 0.6 is 15.9 Å². The Hall–Kier alpha value is -1.57. The SMILES string of the molecule is CNC(=O)CNC(=O)c1ccc(Br)cc1C(F)(F)F. The number of halogens is 4. The molecule has 0 aromatic heterocycles. The van der Waals surface area contributed by atoms with Gasteiger partial charge in [-0.2, -0.15) is 13.2 Å². The highest BCUT2D eigenvalue weighted by molar-refractivity contribution is 9.10. The molecule has 0 aliphatic rings. The molecule has 0 spiro atoms. The summed E-state index contributed by atoms with van der Waals surface area (Å²) in [5, 5.41) is 4.36. The van der Waals surface area contributed by atoms with Crippen LogP contribution in [-0.4, -0.2) is 25.4 Å². The Morgan fingerprint density at radius 2 is 1.95 bits per heavy atom. The third-order valence-electron chi connectivity index (χ3n) is 2.22. The van der Waals surface area contributed by atoms with Crippen molar-refractivity contribution in [1.29, 1.82) is 0 Å². The molecule has 1 aromatic rings. The maximum Gasteiger partial charge on any atom is 0.417 e. The van der Waals surface area contributed by atoms with Gasteiger partial charge in [0.1, 0.15) is 0 Å². The van der Waals surface area contributed by atoms with Gasteiger partial charge in [0, 0.05) is 11.5 Å². The summed E-state index contributed by atoms with van der Waals surface area (Å²) < 4.78 is 38.5. The van der Waals surface area contributed by atoms with Gasteiger partial charge in [-0.15, -0.1) is 0 Å². The zero-order chi connectivity index (χ0) is 14.6. The van der Waals surface area contributed by atoms with E-state index in [4.69, 9.17) is 0 Å². The number of benzene rings is 1. The lowest BCUT2D eigenvalue weighted by atomic mass is 10.1. The van der Waals surface area contributed by atoms with E-state index in [-0.39, 0.29) is 11.0 Å². The minimum absolute atomic E-state index is 0.211. The summed E-state index contributed by atoms with van der Waals surface area (Å²) in [7, 11) is 1.36. The summed E-state index contributed by atoms with van der Waals surface area (Å²) in [5.41, 5.74) is -1.59. The number of likely N-dealkylation sites (N-methyl/N-ethyl adjacent to an activating group) is 1. The van der Waals surface area contributed by atoms with E-state index in [1.54, 1.807) is 0 Å². The number of amides is 2. The van der Waals surface area contributed by atoms with Crippen molar-refractivity contribution in [2.24, 2.45) is 0 Å². The van der Waals surface area contributed by atoms with Gasteiger partial charge in [-0.25, -0.2) is 0 Å².